The van der Waals surface area contributed by atoms with Crippen LogP contribution in [0.5, 0.6) is 0 Å². The second kappa shape index (κ2) is 5.12. The number of benzene rings is 1. The predicted molar refractivity (Wildman–Crippen MR) is 64.8 cm³/mol. The largest absolute Gasteiger partial charge is 0.382 e. The van der Waals surface area contributed by atoms with Crippen LogP contribution in [-0.2, 0) is 11.3 Å². The summed E-state index contributed by atoms with van der Waals surface area (Å²) in [5.74, 6) is 0.659. The minimum atomic E-state index is 0.659. The van der Waals surface area contributed by atoms with E-state index in [0.717, 1.165) is 38.3 Å². The van der Waals surface area contributed by atoms with E-state index in [-0.39, 0.29) is 0 Å². The van der Waals surface area contributed by atoms with Gasteiger partial charge < -0.3 is 9.64 Å². The summed E-state index contributed by atoms with van der Waals surface area (Å²) in [6.45, 7) is 5.36. The zero-order valence-electron chi connectivity index (χ0n) is 9.70. The Morgan fingerprint density at radius 2 is 2.19 bits per heavy atom. The van der Waals surface area contributed by atoms with E-state index >= 15 is 0 Å². The minimum absolute atomic E-state index is 0.659. The van der Waals surface area contributed by atoms with Gasteiger partial charge in [-0.3, -0.25) is 5.41 Å². The molecular weight excluding hydrogens is 200 g/mol. The van der Waals surface area contributed by atoms with E-state index in [4.69, 9.17) is 10.1 Å². The third-order valence-electron chi connectivity index (χ3n) is 2.87. The smallest absolute Gasteiger partial charge is 0.128 e. The van der Waals surface area contributed by atoms with Crippen molar-refractivity contribution in [2.24, 2.45) is 0 Å². The number of fused-ring (bicyclic) bond motifs is 1. The summed E-state index contributed by atoms with van der Waals surface area (Å²) in [4.78, 5) is 2.11. The van der Waals surface area contributed by atoms with Crippen molar-refractivity contribution < 1.29 is 4.74 Å². The summed E-state index contributed by atoms with van der Waals surface area (Å²) in [7, 11) is 0. The Bertz CT molecular complexity index is 376. The van der Waals surface area contributed by atoms with E-state index in [1.54, 1.807) is 0 Å². The quantitative estimate of drug-likeness (QED) is 0.769. The molecule has 1 aromatic rings. The SMILES string of the molecule is CCOCCCN1Cc2ccccc2C1=N. The Morgan fingerprint density at radius 3 is 2.94 bits per heavy atom. The average Bonchev–Trinajstić information content (AvgIpc) is 2.63. The van der Waals surface area contributed by atoms with Crippen LogP contribution in [0.25, 0.3) is 0 Å². The van der Waals surface area contributed by atoms with Crippen LogP contribution in [0.2, 0.25) is 0 Å². The first kappa shape index (κ1) is 11.1. The van der Waals surface area contributed by atoms with Gasteiger partial charge >= 0.3 is 0 Å². The van der Waals surface area contributed by atoms with Gasteiger partial charge in [-0.1, -0.05) is 24.3 Å². The van der Waals surface area contributed by atoms with E-state index in [0.29, 0.717) is 5.84 Å². The highest BCUT2D eigenvalue weighted by molar-refractivity contribution is 6.00. The summed E-state index contributed by atoms with van der Waals surface area (Å²) in [5.41, 5.74) is 2.35. The molecule has 1 heterocycles. The number of rotatable bonds is 5. The normalized spacial score (nSPS) is 14.3. The fraction of sp³-hybridized carbons (Fsp3) is 0.462. The maximum Gasteiger partial charge on any atom is 0.128 e. The Labute approximate surface area is 96.5 Å². The Balaban J connectivity index is 1.89. The third-order valence-corrected chi connectivity index (χ3v) is 2.87. The van der Waals surface area contributed by atoms with Gasteiger partial charge in [0.1, 0.15) is 5.84 Å². The molecule has 0 saturated heterocycles. The van der Waals surface area contributed by atoms with Crippen LogP contribution in [0, 0.1) is 5.41 Å². The molecule has 86 valence electrons. The zero-order chi connectivity index (χ0) is 11.4. The number of amidine groups is 1. The second-order valence-electron chi connectivity index (χ2n) is 3.98. The molecule has 3 nitrogen and oxygen atoms in total. The molecule has 0 spiro atoms. The molecule has 3 heteroatoms. The first-order valence-electron chi connectivity index (χ1n) is 5.82. The molecule has 0 fully saturated rings. The molecule has 1 N–H and O–H groups in total. The number of ether oxygens (including phenoxy) is 1. The van der Waals surface area contributed by atoms with Crippen molar-refractivity contribution in [3.05, 3.63) is 35.4 Å². The fourth-order valence-electron chi connectivity index (χ4n) is 2.04. The van der Waals surface area contributed by atoms with Gasteiger partial charge in [0.25, 0.3) is 0 Å². The number of hydrogen-bond acceptors (Lipinski definition) is 2. The molecule has 0 atom stereocenters. The van der Waals surface area contributed by atoms with Gasteiger partial charge in [-0.2, -0.15) is 0 Å². The highest BCUT2D eigenvalue weighted by Crippen LogP contribution is 2.21. The van der Waals surface area contributed by atoms with E-state index < -0.39 is 0 Å². The van der Waals surface area contributed by atoms with Crippen molar-refractivity contribution in [1.82, 2.24) is 4.90 Å². The van der Waals surface area contributed by atoms with E-state index in [9.17, 15) is 0 Å². The van der Waals surface area contributed by atoms with Gasteiger partial charge in [-0.05, 0) is 18.9 Å². The van der Waals surface area contributed by atoms with Crippen LogP contribution in [0.15, 0.2) is 24.3 Å². The van der Waals surface area contributed by atoms with Gasteiger partial charge in [0.05, 0.1) is 0 Å². The Morgan fingerprint density at radius 1 is 1.38 bits per heavy atom. The maximum atomic E-state index is 8.05. The van der Waals surface area contributed by atoms with Gasteiger partial charge in [0.15, 0.2) is 0 Å². The van der Waals surface area contributed by atoms with Gasteiger partial charge in [-0.15, -0.1) is 0 Å². The molecule has 0 bridgehead atoms. The van der Waals surface area contributed by atoms with Crippen LogP contribution in [-0.4, -0.2) is 30.5 Å². The Hall–Kier alpha value is -1.35. The van der Waals surface area contributed by atoms with Gasteiger partial charge in [-0.25, -0.2) is 0 Å². The highest BCUT2D eigenvalue weighted by Gasteiger charge is 2.22. The van der Waals surface area contributed by atoms with Crippen molar-refractivity contribution in [2.75, 3.05) is 19.8 Å². The highest BCUT2D eigenvalue weighted by atomic mass is 16.5. The van der Waals surface area contributed by atoms with Crippen molar-refractivity contribution in [3.8, 4) is 0 Å². The fourth-order valence-corrected chi connectivity index (χ4v) is 2.04. The molecule has 0 unspecified atom stereocenters. The third kappa shape index (κ3) is 2.25. The summed E-state index contributed by atoms with van der Waals surface area (Å²) < 4.78 is 5.31. The van der Waals surface area contributed by atoms with Crippen molar-refractivity contribution in [1.29, 1.82) is 5.41 Å². The van der Waals surface area contributed by atoms with E-state index in [1.807, 2.05) is 25.1 Å². The van der Waals surface area contributed by atoms with E-state index in [2.05, 4.69) is 11.0 Å². The first-order chi connectivity index (χ1) is 7.83. The predicted octanol–water partition coefficient (Wildman–Crippen LogP) is 2.25. The lowest BCUT2D eigenvalue weighted by molar-refractivity contribution is 0.139. The van der Waals surface area contributed by atoms with Gasteiger partial charge in [0.2, 0.25) is 0 Å². The number of nitrogens with zero attached hydrogens (tertiary/aromatic N) is 1. The molecule has 0 saturated carbocycles. The molecule has 1 aliphatic rings. The van der Waals surface area contributed by atoms with Gasteiger partial charge in [0, 0.05) is 31.9 Å². The Kier molecular flexibility index (Phi) is 3.57. The van der Waals surface area contributed by atoms with Crippen LogP contribution in [0.3, 0.4) is 0 Å². The summed E-state index contributed by atoms with van der Waals surface area (Å²) in [6.07, 6.45) is 0.990. The summed E-state index contributed by atoms with van der Waals surface area (Å²) in [6, 6.07) is 8.17. The molecule has 0 aromatic heterocycles. The lowest BCUT2D eigenvalue weighted by Crippen LogP contribution is -2.25. The molecule has 0 radical (unpaired) electrons. The summed E-state index contributed by atoms with van der Waals surface area (Å²) in [5, 5.41) is 8.05. The summed E-state index contributed by atoms with van der Waals surface area (Å²) >= 11 is 0. The molecule has 0 aliphatic carbocycles. The topological polar surface area (TPSA) is 36.3 Å². The molecule has 1 aliphatic heterocycles. The standard InChI is InChI=1S/C13H18N2O/c1-2-16-9-5-8-15-10-11-6-3-4-7-12(11)13(15)14/h3-4,6-7,14H,2,5,8-10H2,1H3. The van der Waals surface area contributed by atoms with Crippen LogP contribution < -0.4 is 0 Å². The lowest BCUT2D eigenvalue weighted by atomic mass is 10.1. The number of nitrogens with one attached hydrogen (secondary N) is 1. The average molecular weight is 218 g/mol. The zero-order valence-corrected chi connectivity index (χ0v) is 9.70. The van der Waals surface area contributed by atoms with E-state index in [1.165, 1.54) is 5.56 Å². The monoisotopic (exact) mass is 218 g/mol. The first-order valence-corrected chi connectivity index (χ1v) is 5.82. The van der Waals surface area contributed by atoms with Crippen LogP contribution in [0.4, 0.5) is 0 Å². The molecule has 1 aromatic carbocycles. The maximum absolute atomic E-state index is 8.05. The van der Waals surface area contributed by atoms with Crippen molar-refractivity contribution in [3.63, 3.8) is 0 Å². The van der Waals surface area contributed by atoms with Crippen LogP contribution in [0.1, 0.15) is 24.5 Å². The molecular formula is C13H18N2O. The number of hydrogen-bond donors (Lipinski definition) is 1. The minimum Gasteiger partial charge on any atom is -0.382 e. The molecule has 2 rings (SSSR count). The second-order valence-corrected chi connectivity index (χ2v) is 3.98. The van der Waals surface area contributed by atoms with Crippen molar-refractivity contribution in [2.45, 2.75) is 19.9 Å². The lowest BCUT2D eigenvalue weighted by Gasteiger charge is -2.17. The molecule has 16 heavy (non-hydrogen) atoms. The van der Waals surface area contributed by atoms with Crippen LogP contribution >= 0.6 is 0 Å². The molecule has 0 amide bonds. The van der Waals surface area contributed by atoms with Crippen molar-refractivity contribution >= 4 is 5.84 Å².